The first-order valence-electron chi connectivity index (χ1n) is 4.44. The fourth-order valence-electron chi connectivity index (χ4n) is 0.957. The maximum absolute atomic E-state index is 11.2. The van der Waals surface area contributed by atoms with E-state index in [0.29, 0.717) is 6.42 Å². The molecule has 0 aliphatic heterocycles. The van der Waals surface area contributed by atoms with E-state index in [1.54, 1.807) is 13.8 Å². The molecule has 0 aromatic rings. The maximum Gasteiger partial charge on any atom is 0.330 e. The highest BCUT2D eigenvalue weighted by Gasteiger charge is 2.29. The Kier molecular flexibility index (Phi) is 5.15. The summed E-state index contributed by atoms with van der Waals surface area (Å²) in [4.78, 5) is 22.4. The third-order valence-electron chi connectivity index (χ3n) is 1.71. The molecule has 14 heavy (non-hydrogen) atoms. The van der Waals surface area contributed by atoms with Crippen molar-refractivity contribution in [3.8, 4) is 0 Å². The lowest BCUT2D eigenvalue weighted by molar-refractivity contribution is -0.149. The van der Waals surface area contributed by atoms with Crippen molar-refractivity contribution < 1.29 is 19.4 Å². The van der Waals surface area contributed by atoms with Crippen LogP contribution in [0.15, 0.2) is 0 Å². The van der Waals surface area contributed by atoms with E-state index < -0.39 is 11.5 Å². The third-order valence-corrected chi connectivity index (χ3v) is 1.71. The minimum Gasteiger partial charge on any atom is -0.467 e. The SMILES string of the molecule is COC(=O)C(C)(C)NC(=O)CCCO. The number of ether oxygens (including phenoxy) is 1. The van der Waals surface area contributed by atoms with Crippen LogP contribution in [0.5, 0.6) is 0 Å². The van der Waals surface area contributed by atoms with Gasteiger partial charge < -0.3 is 15.2 Å². The summed E-state index contributed by atoms with van der Waals surface area (Å²) in [6, 6.07) is 0. The molecule has 0 aliphatic rings. The smallest absolute Gasteiger partial charge is 0.330 e. The number of carbonyl (C=O) groups excluding carboxylic acids is 2. The average molecular weight is 203 g/mol. The van der Waals surface area contributed by atoms with Gasteiger partial charge in [0.15, 0.2) is 0 Å². The number of aliphatic hydroxyl groups excluding tert-OH is 1. The molecule has 0 spiro atoms. The normalized spacial score (nSPS) is 10.9. The third kappa shape index (κ3) is 4.23. The molecule has 0 radical (unpaired) electrons. The largest absolute Gasteiger partial charge is 0.467 e. The van der Waals surface area contributed by atoms with Crippen LogP contribution in [0, 0.1) is 0 Å². The molecule has 0 saturated heterocycles. The molecule has 0 aromatic heterocycles. The summed E-state index contributed by atoms with van der Waals surface area (Å²) < 4.78 is 4.52. The molecule has 0 heterocycles. The number of hydrogen-bond donors (Lipinski definition) is 2. The number of aliphatic hydroxyl groups is 1. The number of rotatable bonds is 5. The van der Waals surface area contributed by atoms with E-state index in [-0.39, 0.29) is 18.9 Å². The highest BCUT2D eigenvalue weighted by atomic mass is 16.5. The van der Waals surface area contributed by atoms with Gasteiger partial charge in [0.25, 0.3) is 0 Å². The molecule has 0 aromatic carbocycles. The van der Waals surface area contributed by atoms with Crippen LogP contribution in [0.3, 0.4) is 0 Å². The van der Waals surface area contributed by atoms with Gasteiger partial charge in [-0.2, -0.15) is 0 Å². The molecule has 0 unspecified atom stereocenters. The van der Waals surface area contributed by atoms with Gasteiger partial charge in [-0.1, -0.05) is 0 Å². The summed E-state index contributed by atoms with van der Waals surface area (Å²) in [6.45, 7) is 3.09. The summed E-state index contributed by atoms with van der Waals surface area (Å²) in [5.41, 5.74) is -1.01. The summed E-state index contributed by atoms with van der Waals surface area (Å²) in [7, 11) is 1.27. The number of amides is 1. The van der Waals surface area contributed by atoms with Gasteiger partial charge in [-0.15, -0.1) is 0 Å². The van der Waals surface area contributed by atoms with Crippen LogP contribution >= 0.6 is 0 Å². The van der Waals surface area contributed by atoms with E-state index in [0.717, 1.165) is 0 Å². The van der Waals surface area contributed by atoms with Crippen LogP contribution in [0.1, 0.15) is 26.7 Å². The minimum absolute atomic E-state index is 0.0356. The Hall–Kier alpha value is -1.10. The Morgan fingerprint density at radius 1 is 1.43 bits per heavy atom. The molecule has 2 N–H and O–H groups in total. The Bertz CT molecular complexity index is 213. The van der Waals surface area contributed by atoms with Crippen molar-refractivity contribution in [2.45, 2.75) is 32.2 Å². The molecule has 0 rings (SSSR count). The van der Waals surface area contributed by atoms with E-state index in [2.05, 4.69) is 10.1 Å². The number of nitrogens with one attached hydrogen (secondary N) is 1. The van der Waals surface area contributed by atoms with Crippen LogP contribution in [0.4, 0.5) is 0 Å². The first-order valence-corrected chi connectivity index (χ1v) is 4.44. The van der Waals surface area contributed by atoms with Crippen molar-refractivity contribution in [3.05, 3.63) is 0 Å². The van der Waals surface area contributed by atoms with Crippen molar-refractivity contribution in [1.29, 1.82) is 0 Å². The highest BCUT2D eigenvalue weighted by molar-refractivity contribution is 5.87. The van der Waals surface area contributed by atoms with Crippen LogP contribution in [0.2, 0.25) is 0 Å². The lowest BCUT2D eigenvalue weighted by atomic mass is 10.1. The van der Waals surface area contributed by atoms with E-state index in [1.165, 1.54) is 7.11 Å². The van der Waals surface area contributed by atoms with E-state index in [9.17, 15) is 9.59 Å². The van der Waals surface area contributed by atoms with Gasteiger partial charge in [0, 0.05) is 13.0 Å². The van der Waals surface area contributed by atoms with Crippen LogP contribution in [-0.4, -0.2) is 36.2 Å². The molecular weight excluding hydrogens is 186 g/mol. The van der Waals surface area contributed by atoms with Gasteiger partial charge in [0.2, 0.25) is 5.91 Å². The molecule has 0 aliphatic carbocycles. The molecule has 0 atom stereocenters. The number of carbonyl (C=O) groups is 2. The quantitative estimate of drug-likeness (QED) is 0.608. The van der Waals surface area contributed by atoms with Gasteiger partial charge in [0.1, 0.15) is 5.54 Å². The fourth-order valence-corrected chi connectivity index (χ4v) is 0.957. The highest BCUT2D eigenvalue weighted by Crippen LogP contribution is 2.05. The predicted molar refractivity (Wildman–Crippen MR) is 50.6 cm³/mol. The van der Waals surface area contributed by atoms with E-state index in [1.807, 2.05) is 0 Å². The lowest BCUT2D eigenvalue weighted by Crippen LogP contribution is -2.50. The monoisotopic (exact) mass is 203 g/mol. The summed E-state index contributed by atoms with van der Waals surface area (Å²) >= 11 is 0. The van der Waals surface area contributed by atoms with Gasteiger partial charge in [-0.25, -0.2) is 4.79 Å². The van der Waals surface area contributed by atoms with Gasteiger partial charge >= 0.3 is 5.97 Å². The zero-order valence-electron chi connectivity index (χ0n) is 8.79. The first-order chi connectivity index (χ1) is 6.44. The molecule has 5 nitrogen and oxygen atoms in total. The van der Waals surface area contributed by atoms with E-state index >= 15 is 0 Å². The Labute approximate surface area is 83.4 Å². The Balaban J connectivity index is 4.08. The molecule has 82 valence electrons. The summed E-state index contributed by atoms with van der Waals surface area (Å²) in [5, 5.41) is 11.0. The second-order valence-corrected chi connectivity index (χ2v) is 3.49. The van der Waals surface area contributed by atoms with E-state index in [4.69, 9.17) is 5.11 Å². The standard InChI is InChI=1S/C9H17NO4/c1-9(2,8(13)14-3)10-7(12)5-4-6-11/h11H,4-6H2,1-3H3,(H,10,12). The number of methoxy groups -OCH3 is 1. The molecule has 0 fully saturated rings. The second-order valence-electron chi connectivity index (χ2n) is 3.49. The van der Waals surface area contributed by atoms with Crippen molar-refractivity contribution >= 4 is 11.9 Å². The summed E-state index contributed by atoms with van der Waals surface area (Å²) in [5.74, 6) is -0.760. The second kappa shape index (κ2) is 5.59. The van der Waals surface area contributed by atoms with Crippen molar-refractivity contribution in [3.63, 3.8) is 0 Å². The van der Waals surface area contributed by atoms with Crippen molar-refractivity contribution in [1.82, 2.24) is 5.32 Å². The predicted octanol–water partition coefficient (Wildman–Crippen LogP) is -0.173. The topological polar surface area (TPSA) is 75.6 Å². The zero-order valence-corrected chi connectivity index (χ0v) is 8.79. The summed E-state index contributed by atoms with van der Waals surface area (Å²) in [6.07, 6.45) is 0.597. The number of esters is 1. The van der Waals surface area contributed by atoms with Gasteiger partial charge in [0.05, 0.1) is 7.11 Å². The molecule has 1 amide bonds. The van der Waals surface area contributed by atoms with Gasteiger partial charge in [-0.05, 0) is 20.3 Å². The number of hydrogen-bond acceptors (Lipinski definition) is 4. The van der Waals surface area contributed by atoms with Crippen molar-refractivity contribution in [2.24, 2.45) is 0 Å². The molecule has 0 saturated carbocycles. The molecule has 5 heteroatoms. The fraction of sp³-hybridized carbons (Fsp3) is 0.778. The minimum atomic E-state index is -1.01. The van der Waals surface area contributed by atoms with Crippen LogP contribution in [-0.2, 0) is 14.3 Å². The first kappa shape index (κ1) is 12.9. The Morgan fingerprint density at radius 2 is 2.00 bits per heavy atom. The lowest BCUT2D eigenvalue weighted by Gasteiger charge is -2.22. The average Bonchev–Trinajstić information content (AvgIpc) is 2.12. The van der Waals surface area contributed by atoms with Crippen LogP contribution in [0.25, 0.3) is 0 Å². The van der Waals surface area contributed by atoms with Crippen molar-refractivity contribution in [2.75, 3.05) is 13.7 Å². The maximum atomic E-state index is 11.2. The van der Waals surface area contributed by atoms with Crippen LogP contribution < -0.4 is 5.32 Å². The van der Waals surface area contributed by atoms with Gasteiger partial charge in [-0.3, -0.25) is 4.79 Å². The molecular formula is C9H17NO4. The molecule has 0 bridgehead atoms. The zero-order chi connectivity index (χ0) is 11.2. The Morgan fingerprint density at radius 3 is 2.43 bits per heavy atom.